The molecule has 0 aliphatic carbocycles. The zero-order valence-corrected chi connectivity index (χ0v) is 12.8. The molecule has 0 bridgehead atoms. The minimum atomic E-state index is -0.654. The van der Waals surface area contributed by atoms with E-state index in [2.05, 4.69) is 10.8 Å². The Hall–Kier alpha value is -2.06. The van der Waals surface area contributed by atoms with Crippen LogP contribution in [0.25, 0.3) is 0 Å². The Labute approximate surface area is 125 Å². The van der Waals surface area contributed by atoms with Crippen LogP contribution < -0.4 is 10.5 Å². The summed E-state index contributed by atoms with van der Waals surface area (Å²) in [6, 6.07) is 8.98. The minimum absolute atomic E-state index is 0.382. The van der Waals surface area contributed by atoms with Crippen LogP contribution in [-0.4, -0.2) is 25.7 Å². The van der Waals surface area contributed by atoms with Gasteiger partial charge >= 0.3 is 5.97 Å². The van der Waals surface area contributed by atoms with Gasteiger partial charge in [0.2, 0.25) is 0 Å². The first kappa shape index (κ1) is 17.0. The van der Waals surface area contributed by atoms with Gasteiger partial charge in [0, 0.05) is 0 Å². The topological polar surface area (TPSA) is 85.3 Å². The van der Waals surface area contributed by atoms with Crippen molar-refractivity contribution in [2.24, 2.45) is 11.1 Å². The van der Waals surface area contributed by atoms with Crippen molar-refractivity contribution in [1.29, 1.82) is 5.26 Å². The van der Waals surface area contributed by atoms with Crippen LogP contribution in [0, 0.1) is 16.7 Å². The normalized spacial score (nSPS) is 12.3. The number of carbonyl (C=O) groups is 1. The van der Waals surface area contributed by atoms with Gasteiger partial charge in [-0.2, -0.15) is 5.26 Å². The third kappa shape index (κ3) is 5.84. The molecule has 0 spiro atoms. The highest BCUT2D eigenvalue weighted by molar-refractivity contribution is 5.75. The fourth-order valence-corrected chi connectivity index (χ4v) is 1.69. The summed E-state index contributed by atoms with van der Waals surface area (Å²) in [6.07, 6.45) is 1.09. The lowest BCUT2D eigenvalue weighted by Gasteiger charge is -2.15. The summed E-state index contributed by atoms with van der Waals surface area (Å²) in [5, 5.41) is 8.92. The molecule has 0 aliphatic heterocycles. The summed E-state index contributed by atoms with van der Waals surface area (Å²) >= 11 is 0. The fourth-order valence-electron chi connectivity index (χ4n) is 1.69. The predicted molar refractivity (Wildman–Crippen MR) is 79.6 cm³/mol. The highest BCUT2D eigenvalue weighted by Crippen LogP contribution is 2.20. The summed E-state index contributed by atoms with van der Waals surface area (Å²) in [7, 11) is 1.32. The molecule has 5 nitrogen and oxygen atoms in total. The first-order chi connectivity index (χ1) is 9.88. The maximum atomic E-state index is 11.2. The number of benzene rings is 1. The predicted octanol–water partition coefficient (Wildman–Crippen LogP) is 2.05. The maximum Gasteiger partial charge on any atom is 0.322 e. The van der Waals surface area contributed by atoms with Gasteiger partial charge in [-0.3, -0.25) is 4.79 Å². The van der Waals surface area contributed by atoms with Crippen LogP contribution in [0.5, 0.6) is 5.75 Å². The minimum Gasteiger partial charge on any atom is -0.494 e. The van der Waals surface area contributed by atoms with Crippen LogP contribution >= 0.6 is 0 Å². The van der Waals surface area contributed by atoms with Crippen molar-refractivity contribution >= 4 is 5.97 Å². The zero-order chi connectivity index (χ0) is 15.9. The SMILES string of the molecule is COC(=O)C(N)Cc1ccc(OCCC(C)(C)C#N)cc1. The number of hydrogen-bond donors (Lipinski definition) is 1. The Morgan fingerprint density at radius 1 is 1.38 bits per heavy atom. The van der Waals surface area contributed by atoms with Crippen LogP contribution in [0.1, 0.15) is 25.8 Å². The standard InChI is InChI=1S/C16H22N2O3/c1-16(2,11-17)8-9-21-13-6-4-12(5-7-13)10-14(18)15(19)20-3/h4-7,14H,8-10,18H2,1-3H3. The van der Waals surface area contributed by atoms with Crippen LogP contribution in [0.15, 0.2) is 24.3 Å². The Morgan fingerprint density at radius 2 is 2.00 bits per heavy atom. The molecule has 1 aromatic carbocycles. The number of rotatable bonds is 7. The molecule has 0 fully saturated rings. The van der Waals surface area contributed by atoms with Crippen molar-refractivity contribution in [1.82, 2.24) is 0 Å². The average Bonchev–Trinajstić information content (AvgIpc) is 2.48. The number of nitrogens with zero attached hydrogens (tertiary/aromatic N) is 1. The summed E-state index contributed by atoms with van der Waals surface area (Å²) in [4.78, 5) is 11.2. The molecule has 0 saturated heterocycles. The number of carbonyl (C=O) groups excluding carboxylic acids is 1. The number of nitriles is 1. The number of esters is 1. The summed E-state index contributed by atoms with van der Waals surface area (Å²) in [5.74, 6) is 0.313. The van der Waals surface area contributed by atoms with Crippen molar-refractivity contribution < 1.29 is 14.3 Å². The first-order valence-corrected chi connectivity index (χ1v) is 6.84. The lowest BCUT2D eigenvalue weighted by molar-refractivity contribution is -0.142. The van der Waals surface area contributed by atoms with E-state index in [1.165, 1.54) is 7.11 Å². The van der Waals surface area contributed by atoms with E-state index in [1.807, 2.05) is 38.1 Å². The Bertz CT molecular complexity index is 503. The molecule has 1 unspecified atom stereocenters. The molecule has 0 aromatic heterocycles. The molecule has 1 rings (SSSR count). The van der Waals surface area contributed by atoms with Gasteiger partial charge in [-0.15, -0.1) is 0 Å². The second-order valence-electron chi connectivity index (χ2n) is 5.57. The van der Waals surface area contributed by atoms with Crippen molar-refractivity contribution in [3.8, 4) is 11.8 Å². The third-order valence-electron chi connectivity index (χ3n) is 3.18. The van der Waals surface area contributed by atoms with E-state index in [0.717, 1.165) is 11.3 Å². The van der Waals surface area contributed by atoms with Gasteiger partial charge in [0.05, 0.1) is 25.2 Å². The molecular weight excluding hydrogens is 268 g/mol. The van der Waals surface area contributed by atoms with Gasteiger partial charge in [0.15, 0.2) is 0 Å². The molecule has 114 valence electrons. The molecule has 0 radical (unpaired) electrons. The zero-order valence-electron chi connectivity index (χ0n) is 12.8. The number of nitrogens with two attached hydrogens (primary N) is 1. The van der Waals surface area contributed by atoms with Gasteiger partial charge in [-0.1, -0.05) is 12.1 Å². The Balaban J connectivity index is 2.48. The quantitative estimate of drug-likeness (QED) is 0.777. The summed E-state index contributed by atoms with van der Waals surface area (Å²) < 4.78 is 10.2. The number of hydrogen-bond acceptors (Lipinski definition) is 5. The van der Waals surface area contributed by atoms with Crippen molar-refractivity contribution in [2.75, 3.05) is 13.7 Å². The largest absolute Gasteiger partial charge is 0.494 e. The summed E-state index contributed by atoms with van der Waals surface area (Å²) in [6.45, 7) is 4.25. The monoisotopic (exact) mass is 290 g/mol. The summed E-state index contributed by atoms with van der Waals surface area (Å²) in [5.41, 5.74) is 6.27. The van der Waals surface area contributed by atoms with E-state index in [9.17, 15) is 4.79 Å². The van der Waals surface area contributed by atoms with Gasteiger partial charge in [0.1, 0.15) is 11.8 Å². The van der Waals surface area contributed by atoms with Gasteiger partial charge < -0.3 is 15.2 Å². The lowest BCUT2D eigenvalue weighted by Crippen LogP contribution is -2.33. The highest BCUT2D eigenvalue weighted by Gasteiger charge is 2.16. The molecule has 21 heavy (non-hydrogen) atoms. The van der Waals surface area contributed by atoms with E-state index in [1.54, 1.807) is 0 Å². The second kappa shape index (κ2) is 7.65. The fraction of sp³-hybridized carbons (Fsp3) is 0.500. The first-order valence-electron chi connectivity index (χ1n) is 6.84. The van der Waals surface area contributed by atoms with E-state index in [-0.39, 0.29) is 5.41 Å². The molecule has 1 atom stereocenters. The molecule has 1 aromatic rings. The smallest absolute Gasteiger partial charge is 0.322 e. The highest BCUT2D eigenvalue weighted by atomic mass is 16.5. The van der Waals surface area contributed by atoms with Crippen LogP contribution in [0.4, 0.5) is 0 Å². The van der Waals surface area contributed by atoms with Crippen molar-refractivity contribution in [2.45, 2.75) is 32.7 Å². The van der Waals surface area contributed by atoms with E-state index < -0.39 is 12.0 Å². The number of ether oxygens (including phenoxy) is 2. The van der Waals surface area contributed by atoms with Crippen molar-refractivity contribution in [3.63, 3.8) is 0 Å². The van der Waals surface area contributed by atoms with Gasteiger partial charge in [-0.25, -0.2) is 0 Å². The maximum absolute atomic E-state index is 11.2. The van der Waals surface area contributed by atoms with Crippen LogP contribution in [0.2, 0.25) is 0 Å². The molecule has 5 heteroatoms. The van der Waals surface area contributed by atoms with Crippen LogP contribution in [0.3, 0.4) is 0 Å². The molecule has 0 saturated carbocycles. The van der Waals surface area contributed by atoms with Gasteiger partial charge in [-0.05, 0) is 44.4 Å². The van der Waals surface area contributed by atoms with E-state index >= 15 is 0 Å². The van der Waals surface area contributed by atoms with E-state index in [4.69, 9.17) is 15.7 Å². The number of methoxy groups -OCH3 is 1. The lowest BCUT2D eigenvalue weighted by atomic mass is 9.92. The van der Waals surface area contributed by atoms with Crippen LogP contribution in [-0.2, 0) is 16.0 Å². The van der Waals surface area contributed by atoms with Crippen molar-refractivity contribution in [3.05, 3.63) is 29.8 Å². The Morgan fingerprint density at radius 3 is 2.52 bits per heavy atom. The Kier molecular flexibility index (Phi) is 6.19. The molecule has 0 amide bonds. The molecule has 0 aliphatic rings. The van der Waals surface area contributed by atoms with Gasteiger partial charge in [0.25, 0.3) is 0 Å². The molecule has 2 N–H and O–H groups in total. The molecular formula is C16H22N2O3. The third-order valence-corrected chi connectivity index (χ3v) is 3.18. The average molecular weight is 290 g/mol. The van der Waals surface area contributed by atoms with E-state index in [0.29, 0.717) is 19.4 Å². The second-order valence-corrected chi connectivity index (χ2v) is 5.57. The molecule has 0 heterocycles.